The number of amides is 1. The van der Waals surface area contributed by atoms with E-state index >= 15 is 0 Å². The van der Waals surface area contributed by atoms with Gasteiger partial charge < -0.3 is 10.2 Å². The van der Waals surface area contributed by atoms with E-state index in [1.54, 1.807) is 18.2 Å². The molecule has 1 N–H and O–H groups in total. The monoisotopic (exact) mass is 291 g/mol. The van der Waals surface area contributed by atoms with Crippen LogP contribution in [0.3, 0.4) is 0 Å². The first-order chi connectivity index (χ1) is 10.7. The molecule has 0 bridgehead atoms. The minimum atomic E-state index is -0.0243. The molecule has 0 saturated carbocycles. The highest BCUT2D eigenvalue weighted by Gasteiger charge is 2.22. The van der Waals surface area contributed by atoms with Gasteiger partial charge in [-0.1, -0.05) is 12.1 Å². The van der Waals surface area contributed by atoms with E-state index in [2.05, 4.69) is 11.4 Å². The molecule has 4 nitrogen and oxygen atoms in total. The molecule has 2 aromatic rings. The maximum Gasteiger partial charge on any atom is 0.258 e. The Hall–Kier alpha value is -2.80. The number of hydrogen-bond donors (Lipinski definition) is 1. The zero-order valence-corrected chi connectivity index (χ0v) is 12.5. The summed E-state index contributed by atoms with van der Waals surface area (Å²) in [5.41, 5.74) is 3.95. The van der Waals surface area contributed by atoms with E-state index in [9.17, 15) is 4.79 Å². The van der Waals surface area contributed by atoms with Crippen LogP contribution in [0.2, 0.25) is 0 Å². The summed E-state index contributed by atoms with van der Waals surface area (Å²) >= 11 is 0. The molecular formula is C18H17N3O. The Balaban J connectivity index is 1.98. The highest BCUT2D eigenvalue weighted by atomic mass is 16.2. The average molecular weight is 291 g/mol. The molecule has 0 radical (unpaired) electrons. The quantitative estimate of drug-likeness (QED) is 0.876. The highest BCUT2D eigenvalue weighted by molar-refractivity contribution is 6.08. The molecule has 2 aromatic carbocycles. The van der Waals surface area contributed by atoms with Crippen LogP contribution in [-0.4, -0.2) is 19.0 Å². The first-order valence-electron chi connectivity index (χ1n) is 7.36. The van der Waals surface area contributed by atoms with Crippen LogP contribution in [0.5, 0.6) is 0 Å². The third-order valence-corrected chi connectivity index (χ3v) is 3.91. The second kappa shape index (κ2) is 5.90. The van der Waals surface area contributed by atoms with Crippen molar-refractivity contribution >= 4 is 17.3 Å². The van der Waals surface area contributed by atoms with Crippen molar-refractivity contribution in [1.29, 1.82) is 5.26 Å². The summed E-state index contributed by atoms with van der Waals surface area (Å²) in [5.74, 6) is -0.0243. The number of hydrogen-bond acceptors (Lipinski definition) is 3. The molecule has 1 amide bonds. The molecule has 110 valence electrons. The van der Waals surface area contributed by atoms with E-state index in [-0.39, 0.29) is 5.91 Å². The van der Waals surface area contributed by atoms with Crippen LogP contribution >= 0.6 is 0 Å². The van der Waals surface area contributed by atoms with Crippen LogP contribution in [-0.2, 0) is 0 Å². The molecule has 4 heteroatoms. The maximum absolute atomic E-state index is 12.9. The van der Waals surface area contributed by atoms with Gasteiger partial charge in [-0.3, -0.25) is 4.79 Å². The largest absolute Gasteiger partial charge is 0.383 e. The number of nitriles is 1. The third kappa shape index (κ3) is 2.53. The average Bonchev–Trinajstić information content (AvgIpc) is 2.76. The van der Waals surface area contributed by atoms with Crippen molar-refractivity contribution in [3.05, 3.63) is 59.2 Å². The van der Waals surface area contributed by atoms with Crippen molar-refractivity contribution in [2.45, 2.75) is 13.3 Å². The summed E-state index contributed by atoms with van der Waals surface area (Å²) in [7, 11) is 0. The Morgan fingerprint density at radius 1 is 1.27 bits per heavy atom. The second-order valence-electron chi connectivity index (χ2n) is 5.40. The zero-order chi connectivity index (χ0) is 15.5. The number of aryl methyl sites for hydroxylation is 1. The molecule has 0 fully saturated rings. The minimum absolute atomic E-state index is 0.0243. The third-order valence-electron chi connectivity index (χ3n) is 3.91. The second-order valence-corrected chi connectivity index (χ2v) is 5.40. The normalized spacial score (nSPS) is 13.5. The molecule has 22 heavy (non-hydrogen) atoms. The first-order valence-corrected chi connectivity index (χ1v) is 7.36. The number of benzene rings is 2. The molecule has 1 heterocycles. The number of rotatable bonds is 1. The summed E-state index contributed by atoms with van der Waals surface area (Å²) in [6, 6.07) is 15.2. The first kappa shape index (κ1) is 14.2. The van der Waals surface area contributed by atoms with E-state index in [0.29, 0.717) is 17.7 Å². The zero-order valence-electron chi connectivity index (χ0n) is 12.5. The van der Waals surface area contributed by atoms with Crippen LogP contribution in [0.1, 0.15) is 27.9 Å². The molecule has 3 rings (SSSR count). The molecule has 0 atom stereocenters. The lowest BCUT2D eigenvalue weighted by atomic mass is 10.0. The Morgan fingerprint density at radius 3 is 2.86 bits per heavy atom. The predicted octanol–water partition coefficient (Wildman–Crippen LogP) is 3.33. The summed E-state index contributed by atoms with van der Waals surface area (Å²) in [5, 5.41) is 12.4. The minimum Gasteiger partial charge on any atom is -0.383 e. The molecule has 1 aliphatic rings. The van der Waals surface area contributed by atoms with Crippen molar-refractivity contribution < 1.29 is 4.79 Å². The number of anilines is 2. The van der Waals surface area contributed by atoms with Crippen LogP contribution in [0, 0.1) is 18.3 Å². The topological polar surface area (TPSA) is 56.1 Å². The summed E-state index contributed by atoms with van der Waals surface area (Å²) in [6.45, 7) is 3.39. The van der Waals surface area contributed by atoms with Crippen molar-refractivity contribution in [3.8, 4) is 6.07 Å². The summed E-state index contributed by atoms with van der Waals surface area (Å²) in [4.78, 5) is 14.7. The van der Waals surface area contributed by atoms with Gasteiger partial charge in [0.2, 0.25) is 0 Å². The fourth-order valence-corrected chi connectivity index (χ4v) is 2.73. The van der Waals surface area contributed by atoms with Gasteiger partial charge in [-0.25, -0.2) is 0 Å². The summed E-state index contributed by atoms with van der Waals surface area (Å²) in [6.07, 6.45) is 0.898. The number of fused-ring (bicyclic) bond motifs is 1. The van der Waals surface area contributed by atoms with Crippen molar-refractivity contribution in [3.63, 3.8) is 0 Å². The maximum atomic E-state index is 12.9. The standard InChI is InChI=1S/C18H17N3O/c1-13-11-14(7-8-15(13)12-19)18(22)21-10-4-9-20-16-5-2-3-6-17(16)21/h2-3,5-8,11,20H,4,9-10H2,1H3. The van der Waals surface area contributed by atoms with Crippen molar-refractivity contribution in [1.82, 2.24) is 0 Å². The lowest BCUT2D eigenvalue weighted by molar-refractivity contribution is 0.0987. The van der Waals surface area contributed by atoms with E-state index in [4.69, 9.17) is 5.26 Å². The Labute approximate surface area is 130 Å². The van der Waals surface area contributed by atoms with Crippen LogP contribution in [0.25, 0.3) is 0 Å². The van der Waals surface area contributed by atoms with E-state index in [0.717, 1.165) is 29.9 Å². The lowest BCUT2D eigenvalue weighted by Crippen LogP contribution is -2.31. The number of nitrogens with one attached hydrogen (secondary N) is 1. The van der Waals surface area contributed by atoms with Crippen LogP contribution in [0.15, 0.2) is 42.5 Å². The fraction of sp³-hybridized carbons (Fsp3) is 0.222. The van der Waals surface area contributed by atoms with Gasteiger partial charge in [0, 0.05) is 18.7 Å². The molecular weight excluding hydrogens is 274 g/mol. The Bertz CT molecular complexity index is 761. The van der Waals surface area contributed by atoms with E-state index in [1.165, 1.54) is 0 Å². The Morgan fingerprint density at radius 2 is 2.09 bits per heavy atom. The van der Waals surface area contributed by atoms with Crippen molar-refractivity contribution in [2.75, 3.05) is 23.3 Å². The van der Waals surface area contributed by atoms with Crippen molar-refractivity contribution in [2.24, 2.45) is 0 Å². The smallest absolute Gasteiger partial charge is 0.258 e. The van der Waals surface area contributed by atoms with Gasteiger partial charge in [0.05, 0.1) is 23.0 Å². The van der Waals surface area contributed by atoms with Gasteiger partial charge in [-0.15, -0.1) is 0 Å². The van der Waals surface area contributed by atoms with Gasteiger partial charge in [-0.2, -0.15) is 5.26 Å². The van der Waals surface area contributed by atoms with Crippen LogP contribution in [0.4, 0.5) is 11.4 Å². The SMILES string of the molecule is Cc1cc(C(=O)N2CCCNc3ccccc32)ccc1C#N. The van der Waals surface area contributed by atoms with E-state index < -0.39 is 0 Å². The number of para-hydroxylation sites is 2. The van der Waals surface area contributed by atoms with Gasteiger partial charge in [-0.05, 0) is 49.2 Å². The van der Waals surface area contributed by atoms with Crippen LogP contribution < -0.4 is 10.2 Å². The summed E-state index contributed by atoms with van der Waals surface area (Å²) < 4.78 is 0. The molecule has 1 aliphatic heterocycles. The molecule has 0 saturated heterocycles. The fourth-order valence-electron chi connectivity index (χ4n) is 2.73. The number of carbonyl (C=O) groups excluding carboxylic acids is 1. The molecule has 0 spiro atoms. The lowest BCUT2D eigenvalue weighted by Gasteiger charge is -2.22. The van der Waals surface area contributed by atoms with Gasteiger partial charge >= 0.3 is 0 Å². The molecule has 0 unspecified atom stereocenters. The van der Waals surface area contributed by atoms with Gasteiger partial charge in [0.15, 0.2) is 0 Å². The number of carbonyl (C=O) groups is 1. The predicted molar refractivity (Wildman–Crippen MR) is 87.1 cm³/mol. The van der Waals surface area contributed by atoms with Gasteiger partial charge in [0.25, 0.3) is 5.91 Å². The molecule has 0 aromatic heterocycles. The molecule has 0 aliphatic carbocycles. The highest BCUT2D eigenvalue weighted by Crippen LogP contribution is 2.29. The van der Waals surface area contributed by atoms with E-state index in [1.807, 2.05) is 36.1 Å². The Kier molecular flexibility index (Phi) is 3.80. The van der Waals surface area contributed by atoms with Gasteiger partial charge in [0.1, 0.15) is 0 Å². The number of nitrogens with zero attached hydrogens (tertiary/aromatic N) is 2.